The predicted molar refractivity (Wildman–Crippen MR) is 99.0 cm³/mol. The second-order valence-corrected chi connectivity index (χ2v) is 6.80. The van der Waals surface area contributed by atoms with Crippen LogP contribution in [-0.4, -0.2) is 35.3 Å². The standard InChI is InChI=1S/C19H17N7O/c1-11-3-2-4-15(21-11)17-14(10-26(24-17)13-6-7-13)12-5-8-16-22-23-19(18(20)27)25(16)9-12/h2-5,8-10,13H,6-7H2,1H3,(H2,20,27). The van der Waals surface area contributed by atoms with E-state index in [0.717, 1.165) is 41.1 Å². The third-order valence-electron chi connectivity index (χ3n) is 4.72. The van der Waals surface area contributed by atoms with Gasteiger partial charge in [-0.15, -0.1) is 10.2 Å². The molecule has 134 valence electrons. The summed E-state index contributed by atoms with van der Waals surface area (Å²) in [7, 11) is 0. The third kappa shape index (κ3) is 2.66. The molecule has 1 aliphatic carbocycles. The topological polar surface area (TPSA) is 104 Å². The molecule has 0 saturated heterocycles. The highest BCUT2D eigenvalue weighted by molar-refractivity contribution is 5.90. The monoisotopic (exact) mass is 359 g/mol. The molecule has 0 unspecified atom stereocenters. The first-order valence-corrected chi connectivity index (χ1v) is 8.78. The van der Waals surface area contributed by atoms with Crippen LogP contribution in [0.3, 0.4) is 0 Å². The average Bonchev–Trinajstić information content (AvgIpc) is 3.26. The summed E-state index contributed by atoms with van der Waals surface area (Å²) < 4.78 is 3.62. The van der Waals surface area contributed by atoms with Crippen LogP contribution in [-0.2, 0) is 0 Å². The number of pyridine rings is 2. The van der Waals surface area contributed by atoms with Gasteiger partial charge < -0.3 is 5.73 Å². The molecule has 4 aromatic heterocycles. The van der Waals surface area contributed by atoms with E-state index in [1.54, 1.807) is 4.40 Å². The van der Waals surface area contributed by atoms with E-state index in [1.165, 1.54) is 0 Å². The third-order valence-corrected chi connectivity index (χ3v) is 4.72. The van der Waals surface area contributed by atoms with Crippen LogP contribution in [0.4, 0.5) is 0 Å². The van der Waals surface area contributed by atoms with Gasteiger partial charge in [-0.2, -0.15) is 5.10 Å². The first kappa shape index (κ1) is 15.7. The molecular formula is C19H17N7O. The minimum atomic E-state index is -0.617. The number of carbonyl (C=O) groups is 1. The van der Waals surface area contributed by atoms with Gasteiger partial charge in [0.15, 0.2) is 5.65 Å². The molecule has 0 radical (unpaired) electrons. The number of hydrogen-bond acceptors (Lipinski definition) is 5. The number of nitrogens with zero attached hydrogens (tertiary/aromatic N) is 6. The van der Waals surface area contributed by atoms with Gasteiger partial charge in [0.1, 0.15) is 5.69 Å². The zero-order chi connectivity index (χ0) is 18.5. The fraction of sp³-hybridized carbons (Fsp3) is 0.211. The van der Waals surface area contributed by atoms with Gasteiger partial charge in [0, 0.05) is 29.2 Å². The highest BCUT2D eigenvalue weighted by Crippen LogP contribution is 2.38. The molecule has 2 N–H and O–H groups in total. The van der Waals surface area contributed by atoms with Crippen molar-refractivity contribution >= 4 is 11.6 Å². The smallest absolute Gasteiger partial charge is 0.287 e. The molecule has 27 heavy (non-hydrogen) atoms. The van der Waals surface area contributed by atoms with Gasteiger partial charge in [0.25, 0.3) is 5.91 Å². The number of aromatic nitrogens is 6. The van der Waals surface area contributed by atoms with Crippen molar-refractivity contribution in [2.45, 2.75) is 25.8 Å². The molecule has 8 heteroatoms. The lowest BCUT2D eigenvalue weighted by molar-refractivity contribution is 0.0989. The summed E-state index contributed by atoms with van der Waals surface area (Å²) in [6.45, 7) is 1.96. The lowest BCUT2D eigenvalue weighted by Gasteiger charge is -2.04. The maximum Gasteiger partial charge on any atom is 0.287 e. The molecule has 0 atom stereocenters. The molecule has 0 aromatic carbocycles. The molecule has 4 aromatic rings. The van der Waals surface area contributed by atoms with Crippen molar-refractivity contribution in [3.05, 3.63) is 54.2 Å². The Bertz CT molecular complexity index is 1190. The molecule has 4 heterocycles. The summed E-state index contributed by atoms with van der Waals surface area (Å²) in [5, 5.41) is 12.7. The van der Waals surface area contributed by atoms with Crippen LogP contribution in [0.5, 0.6) is 0 Å². The van der Waals surface area contributed by atoms with Crippen molar-refractivity contribution < 1.29 is 4.79 Å². The van der Waals surface area contributed by atoms with E-state index >= 15 is 0 Å². The normalized spacial score (nSPS) is 14.0. The van der Waals surface area contributed by atoms with E-state index in [2.05, 4.69) is 15.2 Å². The quantitative estimate of drug-likeness (QED) is 0.602. The van der Waals surface area contributed by atoms with Crippen LogP contribution in [0.15, 0.2) is 42.7 Å². The first-order chi connectivity index (χ1) is 13.1. The highest BCUT2D eigenvalue weighted by atomic mass is 16.1. The van der Waals surface area contributed by atoms with Gasteiger partial charge in [-0.1, -0.05) is 6.07 Å². The van der Waals surface area contributed by atoms with Crippen molar-refractivity contribution in [2.24, 2.45) is 5.73 Å². The Kier molecular flexibility index (Phi) is 3.33. The molecule has 5 rings (SSSR count). The summed E-state index contributed by atoms with van der Waals surface area (Å²) in [5.41, 5.74) is 10.4. The number of rotatable bonds is 4. The first-order valence-electron chi connectivity index (χ1n) is 8.78. The molecule has 0 bridgehead atoms. The Balaban J connectivity index is 1.71. The zero-order valence-electron chi connectivity index (χ0n) is 14.7. The minimum absolute atomic E-state index is 0.108. The van der Waals surface area contributed by atoms with E-state index in [9.17, 15) is 4.79 Å². The molecule has 0 aliphatic heterocycles. The van der Waals surface area contributed by atoms with Gasteiger partial charge in [-0.3, -0.25) is 18.9 Å². The van der Waals surface area contributed by atoms with Crippen LogP contribution >= 0.6 is 0 Å². The Morgan fingerprint density at radius 2 is 2.00 bits per heavy atom. The second kappa shape index (κ2) is 5.73. The lowest BCUT2D eigenvalue weighted by atomic mass is 10.1. The summed E-state index contributed by atoms with van der Waals surface area (Å²) in [5.74, 6) is -0.509. The van der Waals surface area contributed by atoms with Crippen molar-refractivity contribution in [1.82, 2.24) is 29.4 Å². The maximum absolute atomic E-state index is 11.6. The average molecular weight is 359 g/mol. The summed E-state index contributed by atoms with van der Waals surface area (Å²) >= 11 is 0. The molecule has 1 amide bonds. The van der Waals surface area contributed by atoms with Crippen LogP contribution in [0.1, 0.15) is 35.2 Å². The molecule has 1 aliphatic rings. The summed E-state index contributed by atoms with van der Waals surface area (Å²) in [4.78, 5) is 16.3. The minimum Gasteiger partial charge on any atom is -0.363 e. The van der Waals surface area contributed by atoms with Crippen LogP contribution in [0.2, 0.25) is 0 Å². The van der Waals surface area contributed by atoms with Gasteiger partial charge >= 0.3 is 0 Å². The number of carbonyl (C=O) groups excluding carboxylic acids is 1. The molecule has 8 nitrogen and oxygen atoms in total. The molecular weight excluding hydrogens is 342 g/mol. The fourth-order valence-electron chi connectivity index (χ4n) is 3.21. The Morgan fingerprint density at radius 1 is 1.15 bits per heavy atom. The van der Waals surface area contributed by atoms with Gasteiger partial charge in [-0.25, -0.2) is 0 Å². The Labute approximate surface area is 154 Å². The fourth-order valence-corrected chi connectivity index (χ4v) is 3.21. The van der Waals surface area contributed by atoms with Crippen molar-refractivity contribution in [1.29, 1.82) is 0 Å². The maximum atomic E-state index is 11.6. The highest BCUT2D eigenvalue weighted by Gasteiger charge is 2.27. The number of fused-ring (bicyclic) bond motifs is 1. The summed E-state index contributed by atoms with van der Waals surface area (Å²) in [6, 6.07) is 10.1. The van der Waals surface area contributed by atoms with E-state index in [1.807, 2.05) is 54.3 Å². The van der Waals surface area contributed by atoms with Crippen molar-refractivity contribution in [3.8, 4) is 22.5 Å². The van der Waals surface area contributed by atoms with Gasteiger partial charge in [0.05, 0.1) is 11.7 Å². The van der Waals surface area contributed by atoms with Crippen molar-refractivity contribution in [3.63, 3.8) is 0 Å². The van der Waals surface area contributed by atoms with Crippen molar-refractivity contribution in [2.75, 3.05) is 0 Å². The lowest BCUT2D eigenvalue weighted by Crippen LogP contribution is -2.15. The number of amides is 1. The van der Waals surface area contributed by atoms with Gasteiger partial charge in [0.2, 0.25) is 5.82 Å². The largest absolute Gasteiger partial charge is 0.363 e. The molecule has 1 saturated carbocycles. The van der Waals surface area contributed by atoms with E-state index in [4.69, 9.17) is 10.8 Å². The van der Waals surface area contributed by atoms with Crippen LogP contribution < -0.4 is 5.73 Å². The number of aryl methyl sites for hydroxylation is 1. The van der Waals surface area contributed by atoms with Gasteiger partial charge in [-0.05, 0) is 44.0 Å². The Morgan fingerprint density at radius 3 is 2.74 bits per heavy atom. The Hall–Kier alpha value is -3.55. The predicted octanol–water partition coefficient (Wildman–Crippen LogP) is 2.40. The van der Waals surface area contributed by atoms with E-state index in [-0.39, 0.29) is 5.82 Å². The van der Waals surface area contributed by atoms with Crippen LogP contribution in [0, 0.1) is 6.92 Å². The number of hydrogen-bond donors (Lipinski definition) is 1. The molecule has 0 spiro atoms. The molecule has 1 fully saturated rings. The second-order valence-electron chi connectivity index (χ2n) is 6.80. The van der Waals surface area contributed by atoms with E-state index in [0.29, 0.717) is 11.7 Å². The number of primary amides is 1. The zero-order valence-corrected chi connectivity index (χ0v) is 14.7. The summed E-state index contributed by atoms with van der Waals surface area (Å²) in [6.07, 6.45) is 6.14. The van der Waals surface area contributed by atoms with E-state index < -0.39 is 5.91 Å². The SMILES string of the molecule is Cc1cccc(-c2nn(C3CC3)cc2-c2ccc3nnc(C(N)=O)n3c2)n1. The van der Waals surface area contributed by atoms with Crippen LogP contribution in [0.25, 0.3) is 28.2 Å². The number of nitrogens with two attached hydrogens (primary N) is 1.